The first-order valence-electron chi connectivity index (χ1n) is 7.85. The van der Waals surface area contributed by atoms with Gasteiger partial charge in [0.15, 0.2) is 0 Å². The van der Waals surface area contributed by atoms with Crippen molar-refractivity contribution in [2.24, 2.45) is 0 Å². The topological polar surface area (TPSA) is 58.6 Å². The van der Waals surface area contributed by atoms with Crippen molar-refractivity contribution in [3.8, 4) is 0 Å². The van der Waals surface area contributed by atoms with Crippen molar-refractivity contribution in [1.82, 2.24) is 5.32 Å². The summed E-state index contributed by atoms with van der Waals surface area (Å²) in [4.78, 5) is 24.3. The maximum Gasteiger partial charge on any atom is 0.414 e. The Bertz CT molecular complexity index is 680. The molecule has 2 aliphatic heterocycles. The van der Waals surface area contributed by atoms with Crippen LogP contribution >= 0.6 is 11.8 Å². The van der Waals surface area contributed by atoms with Gasteiger partial charge in [0.2, 0.25) is 5.91 Å². The number of carbonyl (C=O) groups is 2. The number of nitrogens with one attached hydrogen (secondary N) is 1. The number of hydrogen-bond donors (Lipinski definition) is 1. The monoisotopic (exact) mass is 350 g/mol. The number of rotatable bonds is 4. The Morgan fingerprint density at radius 3 is 3.00 bits per heavy atom. The number of benzene rings is 1. The van der Waals surface area contributed by atoms with Crippen molar-refractivity contribution >= 4 is 29.4 Å². The highest BCUT2D eigenvalue weighted by molar-refractivity contribution is 8.02. The zero-order chi connectivity index (χ0) is 17.1. The van der Waals surface area contributed by atoms with Crippen LogP contribution in [0.5, 0.6) is 0 Å². The quantitative estimate of drug-likeness (QED) is 0.907. The summed E-state index contributed by atoms with van der Waals surface area (Å²) in [5.41, 5.74) is 1.12. The van der Waals surface area contributed by atoms with E-state index >= 15 is 0 Å². The minimum Gasteiger partial charge on any atom is -0.442 e. The van der Waals surface area contributed by atoms with E-state index in [0.717, 1.165) is 12.2 Å². The lowest BCUT2D eigenvalue weighted by atomic mass is 9.95. The van der Waals surface area contributed by atoms with Crippen LogP contribution in [0.15, 0.2) is 29.7 Å². The molecule has 1 N–H and O–H groups in total. The van der Waals surface area contributed by atoms with Gasteiger partial charge in [-0.25, -0.2) is 9.18 Å². The number of halogens is 1. The van der Waals surface area contributed by atoms with Crippen LogP contribution in [0.2, 0.25) is 0 Å². The van der Waals surface area contributed by atoms with Gasteiger partial charge < -0.3 is 10.1 Å². The Kier molecular flexibility index (Phi) is 5.08. The lowest BCUT2D eigenvalue weighted by molar-refractivity contribution is -0.119. The largest absolute Gasteiger partial charge is 0.442 e. The van der Waals surface area contributed by atoms with Gasteiger partial charge in [-0.2, -0.15) is 0 Å². The molecule has 2 unspecified atom stereocenters. The normalized spacial score (nSPS) is 23.2. The van der Waals surface area contributed by atoms with E-state index in [1.54, 1.807) is 23.9 Å². The second-order valence-electron chi connectivity index (χ2n) is 5.85. The molecule has 5 nitrogen and oxygen atoms in total. The minimum atomic E-state index is -0.522. The van der Waals surface area contributed by atoms with Crippen LogP contribution in [0.3, 0.4) is 0 Å². The third-order valence-electron chi connectivity index (χ3n) is 4.10. The summed E-state index contributed by atoms with van der Waals surface area (Å²) in [6.45, 7) is 1.95. The third kappa shape index (κ3) is 3.72. The fourth-order valence-electron chi connectivity index (χ4n) is 2.85. The number of amides is 2. The predicted octanol–water partition coefficient (Wildman–Crippen LogP) is 3.02. The lowest BCUT2D eigenvalue weighted by Crippen LogP contribution is -2.33. The van der Waals surface area contributed by atoms with Gasteiger partial charge in [0, 0.05) is 12.8 Å². The number of hydrogen-bond acceptors (Lipinski definition) is 4. The van der Waals surface area contributed by atoms with Crippen molar-refractivity contribution in [3.63, 3.8) is 0 Å². The van der Waals surface area contributed by atoms with Gasteiger partial charge in [0.05, 0.1) is 18.8 Å². The molecule has 2 heterocycles. The smallest absolute Gasteiger partial charge is 0.414 e. The Balaban J connectivity index is 1.72. The van der Waals surface area contributed by atoms with E-state index in [1.165, 1.54) is 17.9 Å². The van der Waals surface area contributed by atoms with Crippen LogP contribution in [0.25, 0.3) is 0 Å². The van der Waals surface area contributed by atoms with E-state index < -0.39 is 12.2 Å². The highest BCUT2D eigenvalue weighted by Crippen LogP contribution is 2.33. The zero-order valence-corrected chi connectivity index (χ0v) is 14.1. The maximum absolute atomic E-state index is 14.5. The molecule has 1 aromatic carbocycles. The van der Waals surface area contributed by atoms with E-state index in [0.29, 0.717) is 11.3 Å². The summed E-state index contributed by atoms with van der Waals surface area (Å²) in [6.07, 6.45) is 1.97. The predicted molar refractivity (Wildman–Crippen MR) is 91.7 cm³/mol. The van der Waals surface area contributed by atoms with E-state index in [-0.39, 0.29) is 30.7 Å². The molecular formula is C17H19FN2O3S. The summed E-state index contributed by atoms with van der Waals surface area (Å²) in [5, 5.41) is 4.62. The molecule has 1 fully saturated rings. The van der Waals surface area contributed by atoms with E-state index in [9.17, 15) is 14.0 Å². The van der Waals surface area contributed by atoms with Gasteiger partial charge in [0.25, 0.3) is 0 Å². The van der Waals surface area contributed by atoms with Crippen molar-refractivity contribution in [3.05, 3.63) is 41.1 Å². The molecule has 2 aliphatic rings. The molecule has 1 saturated heterocycles. The number of anilines is 1. The molecule has 7 heteroatoms. The lowest BCUT2D eigenvalue weighted by Gasteiger charge is -2.19. The fourth-order valence-corrected chi connectivity index (χ4v) is 3.68. The van der Waals surface area contributed by atoms with Crippen LogP contribution in [-0.2, 0) is 9.53 Å². The van der Waals surface area contributed by atoms with Crippen LogP contribution < -0.4 is 10.2 Å². The highest BCUT2D eigenvalue weighted by Gasteiger charge is 2.32. The molecule has 2 atom stereocenters. The fraction of sp³-hybridized carbons (Fsp3) is 0.412. The van der Waals surface area contributed by atoms with E-state index in [4.69, 9.17) is 4.74 Å². The molecule has 1 aromatic rings. The third-order valence-corrected chi connectivity index (χ3v) is 4.92. The second-order valence-corrected chi connectivity index (χ2v) is 6.87. The van der Waals surface area contributed by atoms with Crippen LogP contribution in [-0.4, -0.2) is 36.9 Å². The molecule has 0 saturated carbocycles. The molecule has 2 amide bonds. The van der Waals surface area contributed by atoms with Crippen LogP contribution in [0.1, 0.15) is 24.8 Å². The van der Waals surface area contributed by atoms with Gasteiger partial charge >= 0.3 is 6.09 Å². The first-order chi connectivity index (χ1) is 11.5. The first kappa shape index (κ1) is 16.8. The Hall–Kier alpha value is -2.02. The molecule has 0 aliphatic carbocycles. The summed E-state index contributed by atoms with van der Waals surface area (Å²) in [7, 11) is 0. The molecule has 0 bridgehead atoms. The van der Waals surface area contributed by atoms with Crippen molar-refractivity contribution in [2.45, 2.75) is 25.4 Å². The second kappa shape index (κ2) is 7.25. The van der Waals surface area contributed by atoms with E-state index in [1.807, 2.05) is 11.5 Å². The van der Waals surface area contributed by atoms with Crippen molar-refractivity contribution in [2.75, 3.05) is 23.7 Å². The average molecular weight is 350 g/mol. The molecule has 0 aromatic heterocycles. The summed E-state index contributed by atoms with van der Waals surface area (Å²) in [6, 6.07) is 4.87. The average Bonchev–Trinajstić information content (AvgIpc) is 2.94. The number of carbonyl (C=O) groups excluding carboxylic acids is 2. The first-order valence-corrected chi connectivity index (χ1v) is 8.90. The highest BCUT2D eigenvalue weighted by atomic mass is 32.2. The molecular weight excluding hydrogens is 331 g/mol. The molecule has 128 valence electrons. The van der Waals surface area contributed by atoms with Gasteiger partial charge in [-0.15, -0.1) is 11.8 Å². The SMILES string of the molecule is CC(=O)NCC1CN(c2ccc(C3C=CSCC3)c(F)c2)C(=O)O1. The molecule has 3 rings (SSSR count). The van der Waals surface area contributed by atoms with E-state index in [2.05, 4.69) is 5.32 Å². The van der Waals surface area contributed by atoms with Gasteiger partial charge in [-0.1, -0.05) is 12.1 Å². The number of cyclic esters (lactones) is 1. The number of ether oxygens (including phenoxy) is 1. The molecule has 24 heavy (non-hydrogen) atoms. The summed E-state index contributed by atoms with van der Waals surface area (Å²) >= 11 is 1.73. The van der Waals surface area contributed by atoms with Gasteiger partial charge in [-0.3, -0.25) is 9.69 Å². The Morgan fingerprint density at radius 1 is 1.50 bits per heavy atom. The van der Waals surface area contributed by atoms with Gasteiger partial charge in [-0.05, 0) is 35.3 Å². The molecule has 0 radical (unpaired) electrons. The Labute approximate surface area is 144 Å². The summed E-state index contributed by atoms with van der Waals surface area (Å²) < 4.78 is 19.7. The van der Waals surface area contributed by atoms with Crippen molar-refractivity contribution in [1.29, 1.82) is 0 Å². The number of nitrogens with zero attached hydrogens (tertiary/aromatic N) is 1. The zero-order valence-electron chi connectivity index (χ0n) is 13.3. The summed E-state index contributed by atoms with van der Waals surface area (Å²) in [5.74, 6) is 0.565. The van der Waals surface area contributed by atoms with Crippen LogP contribution in [0.4, 0.5) is 14.9 Å². The standard InChI is InChI=1S/C17H19FN2O3S/c1-11(21)19-9-14-10-20(17(22)23-14)13-2-3-15(16(18)8-13)12-4-6-24-7-5-12/h2-4,6,8,12,14H,5,7,9-10H2,1H3,(H,19,21). The number of thioether (sulfide) groups is 1. The minimum absolute atomic E-state index is 0.0818. The Morgan fingerprint density at radius 2 is 2.33 bits per heavy atom. The maximum atomic E-state index is 14.5. The van der Waals surface area contributed by atoms with Crippen molar-refractivity contribution < 1.29 is 18.7 Å². The van der Waals surface area contributed by atoms with Crippen LogP contribution in [0, 0.1) is 5.82 Å². The van der Waals surface area contributed by atoms with Gasteiger partial charge in [0.1, 0.15) is 11.9 Å². The molecule has 0 spiro atoms. The number of allylic oxidation sites excluding steroid dienone is 1.